The number of nitrogens with zero attached hydrogens (tertiary/aromatic N) is 2. The fourth-order valence-electron chi connectivity index (χ4n) is 1.60. The monoisotopic (exact) mass is 270 g/mol. The SMILES string of the molecule is CCc1cnc(SCC(=O)O)n1CCC(C)(C)C. The Balaban J connectivity index is 2.78. The Morgan fingerprint density at radius 2 is 2.17 bits per heavy atom. The van der Waals surface area contributed by atoms with Gasteiger partial charge in [0.15, 0.2) is 5.16 Å². The average molecular weight is 270 g/mol. The van der Waals surface area contributed by atoms with Crippen molar-refractivity contribution in [3.63, 3.8) is 0 Å². The van der Waals surface area contributed by atoms with E-state index in [1.807, 2.05) is 6.20 Å². The van der Waals surface area contributed by atoms with Gasteiger partial charge in [0.25, 0.3) is 0 Å². The van der Waals surface area contributed by atoms with Crippen LogP contribution in [-0.4, -0.2) is 26.4 Å². The molecule has 0 saturated carbocycles. The summed E-state index contributed by atoms with van der Waals surface area (Å²) in [5.41, 5.74) is 1.44. The van der Waals surface area contributed by atoms with Crippen LogP contribution in [0.1, 0.15) is 39.8 Å². The number of hydrogen-bond acceptors (Lipinski definition) is 3. The molecule has 5 heteroatoms. The van der Waals surface area contributed by atoms with Crippen molar-refractivity contribution in [1.29, 1.82) is 0 Å². The van der Waals surface area contributed by atoms with Crippen molar-refractivity contribution < 1.29 is 9.90 Å². The molecule has 0 radical (unpaired) electrons. The van der Waals surface area contributed by atoms with Gasteiger partial charge in [0.2, 0.25) is 0 Å². The molecule has 1 heterocycles. The number of imidazole rings is 1. The zero-order valence-electron chi connectivity index (χ0n) is 11.6. The van der Waals surface area contributed by atoms with Gasteiger partial charge in [0.1, 0.15) is 0 Å². The van der Waals surface area contributed by atoms with Gasteiger partial charge in [-0.05, 0) is 18.3 Å². The molecule has 0 aromatic carbocycles. The van der Waals surface area contributed by atoms with Crippen LogP contribution in [-0.2, 0) is 17.8 Å². The van der Waals surface area contributed by atoms with Crippen molar-refractivity contribution in [2.24, 2.45) is 5.41 Å². The summed E-state index contributed by atoms with van der Waals surface area (Å²) in [6, 6.07) is 0. The second-order valence-electron chi connectivity index (χ2n) is 5.53. The Morgan fingerprint density at radius 1 is 1.50 bits per heavy atom. The highest BCUT2D eigenvalue weighted by molar-refractivity contribution is 7.99. The molecule has 0 fully saturated rings. The number of aliphatic carboxylic acids is 1. The molecule has 1 aromatic heterocycles. The van der Waals surface area contributed by atoms with Crippen LogP contribution in [0.4, 0.5) is 0 Å². The third-order valence-corrected chi connectivity index (χ3v) is 3.65. The fraction of sp³-hybridized carbons (Fsp3) is 0.692. The number of hydrogen-bond donors (Lipinski definition) is 1. The third-order valence-electron chi connectivity index (χ3n) is 2.67. The molecule has 1 aromatic rings. The zero-order valence-corrected chi connectivity index (χ0v) is 12.4. The van der Waals surface area contributed by atoms with Crippen LogP contribution in [0.2, 0.25) is 0 Å². The number of carboxylic acids is 1. The highest BCUT2D eigenvalue weighted by Crippen LogP contribution is 2.24. The molecule has 4 nitrogen and oxygen atoms in total. The van der Waals surface area contributed by atoms with E-state index in [0.717, 1.165) is 24.5 Å². The molecular weight excluding hydrogens is 248 g/mol. The lowest BCUT2D eigenvalue weighted by atomic mass is 9.92. The Labute approximate surface area is 113 Å². The van der Waals surface area contributed by atoms with Crippen LogP contribution >= 0.6 is 11.8 Å². The number of aryl methyl sites for hydroxylation is 1. The van der Waals surface area contributed by atoms with Crippen molar-refractivity contribution in [3.05, 3.63) is 11.9 Å². The van der Waals surface area contributed by atoms with E-state index in [9.17, 15) is 4.79 Å². The van der Waals surface area contributed by atoms with Crippen LogP contribution < -0.4 is 0 Å². The summed E-state index contributed by atoms with van der Waals surface area (Å²) >= 11 is 1.29. The molecular formula is C13H22N2O2S. The molecule has 0 spiro atoms. The summed E-state index contributed by atoms with van der Waals surface area (Å²) in [5, 5.41) is 9.55. The summed E-state index contributed by atoms with van der Waals surface area (Å²) in [4.78, 5) is 14.9. The van der Waals surface area contributed by atoms with Gasteiger partial charge in [-0.15, -0.1) is 0 Å². The van der Waals surface area contributed by atoms with Gasteiger partial charge in [-0.25, -0.2) is 4.98 Å². The zero-order chi connectivity index (χ0) is 13.8. The van der Waals surface area contributed by atoms with Crippen molar-refractivity contribution >= 4 is 17.7 Å². The maximum Gasteiger partial charge on any atom is 0.313 e. The first-order chi connectivity index (χ1) is 8.33. The Kier molecular flexibility index (Phi) is 5.26. The second-order valence-corrected chi connectivity index (χ2v) is 6.47. The smallest absolute Gasteiger partial charge is 0.313 e. The fourth-order valence-corrected chi connectivity index (χ4v) is 2.35. The van der Waals surface area contributed by atoms with Gasteiger partial charge in [0, 0.05) is 18.4 Å². The van der Waals surface area contributed by atoms with E-state index < -0.39 is 5.97 Å². The molecule has 0 amide bonds. The van der Waals surface area contributed by atoms with Gasteiger partial charge in [-0.2, -0.15) is 0 Å². The highest BCUT2D eigenvalue weighted by Gasteiger charge is 2.15. The molecule has 0 bridgehead atoms. The lowest BCUT2D eigenvalue weighted by Crippen LogP contribution is -2.13. The molecule has 0 atom stereocenters. The molecule has 0 unspecified atom stereocenters. The third kappa shape index (κ3) is 4.72. The minimum Gasteiger partial charge on any atom is -0.481 e. The molecule has 102 valence electrons. The van der Waals surface area contributed by atoms with E-state index in [2.05, 4.69) is 37.2 Å². The number of aromatic nitrogens is 2. The maximum absolute atomic E-state index is 10.6. The van der Waals surface area contributed by atoms with Gasteiger partial charge in [0.05, 0.1) is 5.75 Å². The van der Waals surface area contributed by atoms with E-state index >= 15 is 0 Å². The van der Waals surface area contributed by atoms with Crippen LogP contribution in [0.15, 0.2) is 11.4 Å². The van der Waals surface area contributed by atoms with E-state index in [1.165, 1.54) is 17.5 Å². The Hall–Kier alpha value is -0.970. The molecule has 1 rings (SSSR count). The molecule has 0 aliphatic rings. The first kappa shape index (κ1) is 15.1. The van der Waals surface area contributed by atoms with Gasteiger partial charge in [-0.3, -0.25) is 4.79 Å². The first-order valence-corrected chi connectivity index (χ1v) is 7.21. The predicted molar refractivity (Wildman–Crippen MR) is 74.0 cm³/mol. The minimum absolute atomic E-state index is 0.0652. The number of thioether (sulfide) groups is 1. The first-order valence-electron chi connectivity index (χ1n) is 6.22. The molecule has 1 N–H and O–H groups in total. The van der Waals surface area contributed by atoms with Gasteiger partial charge >= 0.3 is 5.97 Å². The van der Waals surface area contributed by atoms with Crippen molar-refractivity contribution in [2.75, 3.05) is 5.75 Å². The quantitative estimate of drug-likeness (QED) is 0.807. The van der Waals surface area contributed by atoms with Crippen molar-refractivity contribution in [3.8, 4) is 0 Å². The maximum atomic E-state index is 10.6. The predicted octanol–water partition coefficient (Wildman–Crippen LogP) is 3.06. The van der Waals surface area contributed by atoms with Gasteiger partial charge in [-0.1, -0.05) is 39.5 Å². The summed E-state index contributed by atoms with van der Waals surface area (Å²) < 4.78 is 2.15. The van der Waals surface area contributed by atoms with Crippen LogP contribution in [0.25, 0.3) is 0 Å². The van der Waals surface area contributed by atoms with E-state index in [0.29, 0.717) is 0 Å². The lowest BCUT2D eigenvalue weighted by Gasteiger charge is -2.20. The summed E-state index contributed by atoms with van der Waals surface area (Å²) in [7, 11) is 0. The van der Waals surface area contributed by atoms with E-state index in [1.54, 1.807) is 0 Å². The summed E-state index contributed by atoms with van der Waals surface area (Å²) in [6.07, 6.45) is 3.83. The van der Waals surface area contributed by atoms with Gasteiger partial charge < -0.3 is 9.67 Å². The minimum atomic E-state index is -0.802. The summed E-state index contributed by atoms with van der Waals surface area (Å²) in [5.74, 6) is -0.737. The van der Waals surface area contributed by atoms with Crippen LogP contribution in [0.3, 0.4) is 0 Å². The number of rotatable bonds is 6. The average Bonchev–Trinajstić information content (AvgIpc) is 2.64. The summed E-state index contributed by atoms with van der Waals surface area (Å²) in [6.45, 7) is 9.61. The molecule has 0 aliphatic heterocycles. The standard InChI is InChI=1S/C13H22N2O2S/c1-5-10-8-14-12(18-9-11(16)17)15(10)7-6-13(2,3)4/h8H,5-7,9H2,1-4H3,(H,16,17). The van der Waals surface area contributed by atoms with Crippen molar-refractivity contribution in [1.82, 2.24) is 9.55 Å². The molecule has 0 saturated heterocycles. The second kappa shape index (κ2) is 6.27. The largest absolute Gasteiger partial charge is 0.481 e. The lowest BCUT2D eigenvalue weighted by molar-refractivity contribution is -0.133. The Bertz CT molecular complexity index is 408. The highest BCUT2D eigenvalue weighted by atomic mass is 32.2. The number of carboxylic acid groups (broad SMARTS) is 1. The Morgan fingerprint density at radius 3 is 2.67 bits per heavy atom. The normalized spacial score (nSPS) is 11.8. The number of carbonyl (C=O) groups is 1. The van der Waals surface area contributed by atoms with Crippen LogP contribution in [0, 0.1) is 5.41 Å². The van der Waals surface area contributed by atoms with E-state index in [4.69, 9.17) is 5.11 Å². The topological polar surface area (TPSA) is 55.1 Å². The van der Waals surface area contributed by atoms with Crippen molar-refractivity contribution in [2.45, 2.75) is 52.2 Å². The molecule has 0 aliphatic carbocycles. The molecule has 18 heavy (non-hydrogen) atoms. The van der Waals surface area contributed by atoms with Crippen LogP contribution in [0.5, 0.6) is 0 Å². The van der Waals surface area contributed by atoms with E-state index in [-0.39, 0.29) is 11.2 Å².